The van der Waals surface area contributed by atoms with Gasteiger partial charge in [-0.05, 0) is 12.1 Å². The van der Waals surface area contributed by atoms with Crippen LogP contribution in [0.2, 0.25) is 0 Å². The molecular weight excluding hydrogens is 236 g/mol. The predicted molar refractivity (Wildman–Crippen MR) is 68.7 cm³/mol. The van der Waals surface area contributed by atoms with Gasteiger partial charge in [0.2, 0.25) is 0 Å². The Balaban J connectivity index is 2.24. The lowest BCUT2D eigenvalue weighted by Crippen LogP contribution is -2.23. The summed E-state index contributed by atoms with van der Waals surface area (Å²) in [6.45, 7) is 0.585. The van der Waals surface area contributed by atoms with Crippen molar-refractivity contribution >= 4 is 23.0 Å². The Morgan fingerprint density at radius 1 is 1.47 bits per heavy atom. The van der Waals surface area contributed by atoms with Gasteiger partial charge in [0.15, 0.2) is 5.82 Å². The third-order valence-corrected chi connectivity index (χ3v) is 2.44. The molecule has 0 saturated carbocycles. The van der Waals surface area contributed by atoms with Crippen LogP contribution < -0.4 is 10.6 Å². The van der Waals surface area contributed by atoms with Gasteiger partial charge in [-0.25, -0.2) is 9.97 Å². The molecule has 2 aromatic rings. The largest absolute Gasteiger partial charge is 0.467 e. The number of hydrogen-bond donors (Lipinski definition) is 1. The second-order valence-corrected chi connectivity index (χ2v) is 3.97. The van der Waals surface area contributed by atoms with E-state index >= 15 is 0 Å². The summed E-state index contributed by atoms with van der Waals surface area (Å²) in [6.07, 6.45) is 4.81. The summed E-state index contributed by atoms with van der Waals surface area (Å²) >= 11 is 4.94. The molecule has 0 bridgehead atoms. The summed E-state index contributed by atoms with van der Waals surface area (Å²) in [7, 11) is 1.88. The van der Waals surface area contributed by atoms with Gasteiger partial charge in [0.05, 0.1) is 12.8 Å². The molecule has 0 saturated heterocycles. The summed E-state index contributed by atoms with van der Waals surface area (Å²) in [5, 5.41) is 0. The second-order valence-electron chi connectivity index (χ2n) is 3.53. The van der Waals surface area contributed by atoms with Crippen LogP contribution in [0.4, 0.5) is 5.82 Å². The molecule has 0 radical (unpaired) electrons. The Bertz CT molecular complexity index is 512. The molecule has 2 heterocycles. The van der Waals surface area contributed by atoms with Crippen molar-refractivity contribution in [3.8, 4) is 0 Å². The fraction of sp³-hybridized carbons (Fsp3) is 0.182. The lowest BCUT2D eigenvalue weighted by Gasteiger charge is -2.18. The van der Waals surface area contributed by atoms with Gasteiger partial charge in [-0.2, -0.15) is 0 Å². The van der Waals surface area contributed by atoms with Crippen molar-refractivity contribution in [1.82, 2.24) is 9.97 Å². The number of thiocarbonyl (C=S) groups is 1. The van der Waals surface area contributed by atoms with E-state index in [-0.39, 0.29) is 4.99 Å². The minimum atomic E-state index is 0.236. The fourth-order valence-corrected chi connectivity index (χ4v) is 1.64. The second kappa shape index (κ2) is 4.92. The lowest BCUT2D eigenvalue weighted by atomic mass is 10.3. The van der Waals surface area contributed by atoms with E-state index in [0.29, 0.717) is 18.1 Å². The van der Waals surface area contributed by atoms with Gasteiger partial charge < -0.3 is 15.1 Å². The highest BCUT2D eigenvalue weighted by Crippen LogP contribution is 2.16. The molecule has 0 aromatic carbocycles. The first-order valence-corrected chi connectivity index (χ1v) is 5.43. The first-order valence-electron chi connectivity index (χ1n) is 5.03. The van der Waals surface area contributed by atoms with Crippen LogP contribution in [0.3, 0.4) is 0 Å². The number of furan rings is 1. The van der Waals surface area contributed by atoms with Gasteiger partial charge in [0, 0.05) is 19.4 Å². The smallest absolute Gasteiger partial charge is 0.157 e. The van der Waals surface area contributed by atoms with Crippen molar-refractivity contribution < 1.29 is 4.42 Å². The molecule has 0 aliphatic carbocycles. The molecule has 6 heteroatoms. The molecule has 2 rings (SSSR count). The minimum Gasteiger partial charge on any atom is -0.467 e. The average Bonchev–Trinajstić information content (AvgIpc) is 2.81. The summed E-state index contributed by atoms with van der Waals surface area (Å²) < 4.78 is 5.27. The quantitative estimate of drug-likeness (QED) is 0.823. The van der Waals surface area contributed by atoms with E-state index < -0.39 is 0 Å². The third-order valence-electron chi connectivity index (χ3n) is 2.25. The van der Waals surface area contributed by atoms with E-state index in [1.807, 2.05) is 24.1 Å². The first kappa shape index (κ1) is 11.5. The van der Waals surface area contributed by atoms with E-state index in [4.69, 9.17) is 22.4 Å². The number of aromatic nitrogens is 2. The highest BCUT2D eigenvalue weighted by Gasteiger charge is 2.13. The maximum Gasteiger partial charge on any atom is 0.157 e. The maximum atomic E-state index is 5.60. The Morgan fingerprint density at radius 2 is 2.24 bits per heavy atom. The molecule has 0 aliphatic heterocycles. The van der Waals surface area contributed by atoms with Gasteiger partial charge in [0.25, 0.3) is 0 Å². The molecule has 88 valence electrons. The summed E-state index contributed by atoms with van der Waals surface area (Å²) in [6, 6.07) is 3.74. The lowest BCUT2D eigenvalue weighted by molar-refractivity contribution is 0.507. The minimum absolute atomic E-state index is 0.236. The topological polar surface area (TPSA) is 68.2 Å². The Labute approximate surface area is 104 Å². The third kappa shape index (κ3) is 2.59. The van der Waals surface area contributed by atoms with Gasteiger partial charge in [-0.15, -0.1) is 0 Å². The number of anilines is 1. The molecule has 0 fully saturated rings. The standard InChI is InChI=1S/C11H12N4OS/c1-15(7-8-3-2-6-16-8)11-9(10(12)17)13-4-5-14-11/h2-6H,7H2,1H3,(H2,12,17). The van der Waals surface area contributed by atoms with Gasteiger partial charge in [-0.1, -0.05) is 12.2 Å². The van der Waals surface area contributed by atoms with Crippen LogP contribution in [-0.2, 0) is 6.54 Å². The van der Waals surface area contributed by atoms with Crippen molar-refractivity contribution in [2.45, 2.75) is 6.54 Å². The Hall–Kier alpha value is -1.95. The fourth-order valence-electron chi connectivity index (χ4n) is 1.50. The van der Waals surface area contributed by atoms with Crippen molar-refractivity contribution in [3.05, 3.63) is 42.2 Å². The number of rotatable bonds is 4. The summed E-state index contributed by atoms with van der Waals surface area (Å²) in [5.41, 5.74) is 6.13. The van der Waals surface area contributed by atoms with E-state index in [1.165, 1.54) is 0 Å². The average molecular weight is 248 g/mol. The van der Waals surface area contributed by atoms with Gasteiger partial charge in [0.1, 0.15) is 16.4 Å². The highest BCUT2D eigenvalue weighted by molar-refractivity contribution is 7.80. The van der Waals surface area contributed by atoms with Crippen LogP contribution in [0, 0.1) is 0 Å². The Kier molecular flexibility index (Phi) is 3.34. The molecule has 2 aromatic heterocycles. The molecule has 2 N–H and O–H groups in total. The van der Waals surface area contributed by atoms with Crippen LogP contribution in [0.15, 0.2) is 35.2 Å². The number of hydrogen-bond acceptors (Lipinski definition) is 5. The summed E-state index contributed by atoms with van der Waals surface area (Å²) in [4.78, 5) is 10.5. The van der Waals surface area contributed by atoms with Crippen molar-refractivity contribution in [2.75, 3.05) is 11.9 Å². The molecule has 0 atom stereocenters. The highest BCUT2D eigenvalue weighted by atomic mass is 32.1. The van der Waals surface area contributed by atoms with Crippen molar-refractivity contribution in [3.63, 3.8) is 0 Å². The van der Waals surface area contributed by atoms with Crippen LogP contribution in [0.25, 0.3) is 0 Å². The number of nitrogens with zero attached hydrogens (tertiary/aromatic N) is 3. The molecular formula is C11H12N4OS. The van der Waals surface area contributed by atoms with Crippen LogP contribution in [0.1, 0.15) is 11.5 Å². The van der Waals surface area contributed by atoms with E-state index in [1.54, 1.807) is 18.7 Å². The van der Waals surface area contributed by atoms with Crippen molar-refractivity contribution in [2.24, 2.45) is 5.73 Å². The van der Waals surface area contributed by atoms with Gasteiger partial charge in [-0.3, -0.25) is 0 Å². The normalized spacial score (nSPS) is 10.2. The summed E-state index contributed by atoms with van der Waals surface area (Å²) in [5.74, 6) is 1.49. The zero-order valence-corrected chi connectivity index (χ0v) is 10.1. The monoisotopic (exact) mass is 248 g/mol. The first-order chi connectivity index (χ1) is 8.18. The maximum absolute atomic E-state index is 5.60. The van der Waals surface area contributed by atoms with E-state index in [0.717, 1.165) is 5.76 Å². The zero-order chi connectivity index (χ0) is 12.3. The molecule has 5 nitrogen and oxygen atoms in total. The number of nitrogens with two attached hydrogens (primary N) is 1. The van der Waals surface area contributed by atoms with E-state index in [9.17, 15) is 0 Å². The molecule has 17 heavy (non-hydrogen) atoms. The SMILES string of the molecule is CN(Cc1ccco1)c1nccnc1C(N)=S. The molecule has 0 aliphatic rings. The predicted octanol–water partition coefficient (Wildman–Crippen LogP) is 1.34. The Morgan fingerprint density at radius 3 is 2.88 bits per heavy atom. The molecule has 0 spiro atoms. The molecule has 0 amide bonds. The van der Waals surface area contributed by atoms with Gasteiger partial charge >= 0.3 is 0 Å². The van der Waals surface area contributed by atoms with E-state index in [2.05, 4.69) is 9.97 Å². The van der Waals surface area contributed by atoms with Crippen LogP contribution in [0.5, 0.6) is 0 Å². The van der Waals surface area contributed by atoms with Crippen LogP contribution >= 0.6 is 12.2 Å². The van der Waals surface area contributed by atoms with Crippen molar-refractivity contribution in [1.29, 1.82) is 0 Å². The molecule has 0 unspecified atom stereocenters. The zero-order valence-electron chi connectivity index (χ0n) is 9.33. The van der Waals surface area contributed by atoms with Crippen LogP contribution in [-0.4, -0.2) is 22.0 Å².